The van der Waals surface area contributed by atoms with Gasteiger partial charge in [0, 0.05) is 56.7 Å². The molecule has 0 spiro atoms. The maximum Gasteiger partial charge on any atom is 0.264 e. The maximum atomic E-state index is 13.1. The van der Waals surface area contributed by atoms with Crippen LogP contribution >= 0.6 is 0 Å². The molecular formula is C29H39N5O4Si. The Morgan fingerprint density at radius 2 is 2.00 bits per heavy atom. The van der Waals surface area contributed by atoms with Crippen LogP contribution < -0.4 is 15.0 Å². The number of anilines is 2. The lowest BCUT2D eigenvalue weighted by molar-refractivity contribution is -0.120. The van der Waals surface area contributed by atoms with Crippen molar-refractivity contribution in [3.8, 4) is 5.75 Å². The molecule has 2 aliphatic heterocycles. The molecule has 1 saturated heterocycles. The Balaban J connectivity index is 1.40. The molecule has 1 aromatic carbocycles. The Morgan fingerprint density at radius 1 is 1.18 bits per heavy atom. The second-order valence-electron chi connectivity index (χ2n) is 11.8. The van der Waals surface area contributed by atoms with Crippen molar-refractivity contribution < 1.29 is 19.1 Å². The van der Waals surface area contributed by atoms with E-state index >= 15 is 0 Å². The predicted octanol–water partition coefficient (Wildman–Crippen LogP) is 5.11. The zero-order chi connectivity index (χ0) is 27.7. The number of piperidine rings is 1. The Labute approximate surface area is 231 Å². The summed E-state index contributed by atoms with van der Waals surface area (Å²) in [7, 11) is 2.70. The quantitative estimate of drug-likeness (QED) is 0.310. The molecule has 0 saturated carbocycles. The molecule has 0 unspecified atom stereocenters. The number of nitrogens with one attached hydrogen (secondary N) is 1. The third-order valence-electron chi connectivity index (χ3n) is 7.70. The van der Waals surface area contributed by atoms with Crippen molar-refractivity contribution in [2.45, 2.75) is 57.7 Å². The fourth-order valence-corrected chi connectivity index (χ4v) is 6.01. The van der Waals surface area contributed by atoms with E-state index in [1.165, 1.54) is 23.4 Å². The second kappa shape index (κ2) is 11.1. The molecule has 0 aliphatic carbocycles. The van der Waals surface area contributed by atoms with Gasteiger partial charge in [-0.1, -0.05) is 26.1 Å². The highest BCUT2D eigenvalue weighted by Crippen LogP contribution is 2.35. The number of nitrogens with zero attached hydrogens (tertiary/aromatic N) is 4. The summed E-state index contributed by atoms with van der Waals surface area (Å²) in [5.74, 6) is 0.579. The standard InChI is InChI=1S/C29H39N5O4Si/c1-32-11-7-6-8-22(32)25-14-21-17-30-27(16-24(21)34(25)19-37-12-13-39(3,4)5)31-29(36)20-9-10-23-26(15-20)38-18-28(35)33(23)2/h9-10,14-17,22H,6-8,11-13,18-19H2,1-5H3,(H,30,31,36)/t22-/m1/s1. The number of aromatic nitrogens is 2. The Kier molecular flexibility index (Phi) is 7.79. The van der Waals surface area contributed by atoms with Gasteiger partial charge < -0.3 is 24.3 Å². The van der Waals surface area contributed by atoms with Crippen molar-refractivity contribution in [2.75, 3.05) is 44.1 Å². The van der Waals surface area contributed by atoms with Crippen LogP contribution in [0.4, 0.5) is 11.5 Å². The number of pyridine rings is 1. The summed E-state index contributed by atoms with van der Waals surface area (Å²) in [6, 6.07) is 10.7. The van der Waals surface area contributed by atoms with Gasteiger partial charge in [-0.3, -0.25) is 14.5 Å². The van der Waals surface area contributed by atoms with Crippen LogP contribution in [0.25, 0.3) is 10.9 Å². The average Bonchev–Trinajstić information content (AvgIpc) is 3.25. The fraction of sp³-hybridized carbons (Fsp3) is 0.483. The molecule has 0 radical (unpaired) electrons. The summed E-state index contributed by atoms with van der Waals surface area (Å²) in [4.78, 5) is 33.6. The van der Waals surface area contributed by atoms with Crippen molar-refractivity contribution in [1.82, 2.24) is 14.5 Å². The molecule has 4 heterocycles. The molecule has 10 heteroatoms. The smallest absolute Gasteiger partial charge is 0.264 e. The van der Waals surface area contributed by atoms with Crippen LogP contribution in [0, 0.1) is 0 Å². The summed E-state index contributed by atoms with van der Waals surface area (Å²) in [5.41, 5.74) is 3.31. The lowest BCUT2D eigenvalue weighted by atomic mass is 10.00. The lowest BCUT2D eigenvalue weighted by Crippen LogP contribution is -2.35. The first-order valence-corrected chi connectivity index (χ1v) is 17.4. The third kappa shape index (κ3) is 6.02. The van der Waals surface area contributed by atoms with Crippen molar-refractivity contribution in [3.63, 3.8) is 0 Å². The van der Waals surface area contributed by atoms with Gasteiger partial charge in [0.15, 0.2) is 6.61 Å². The van der Waals surface area contributed by atoms with Gasteiger partial charge in [-0.15, -0.1) is 0 Å². The summed E-state index contributed by atoms with van der Waals surface area (Å²) >= 11 is 0. The molecule has 3 aromatic rings. The Bertz CT molecular complexity index is 1380. The first kappa shape index (κ1) is 27.4. The first-order chi connectivity index (χ1) is 18.6. The molecule has 1 fully saturated rings. The number of likely N-dealkylation sites (tertiary alicyclic amines) is 1. The first-order valence-electron chi connectivity index (χ1n) is 13.7. The molecule has 2 aromatic heterocycles. The van der Waals surface area contributed by atoms with Crippen LogP contribution in [-0.2, 0) is 16.3 Å². The topological polar surface area (TPSA) is 88.9 Å². The van der Waals surface area contributed by atoms with Crippen LogP contribution in [0.15, 0.2) is 36.5 Å². The monoisotopic (exact) mass is 549 g/mol. The zero-order valence-electron chi connectivity index (χ0n) is 23.6. The summed E-state index contributed by atoms with van der Waals surface area (Å²) in [6.07, 6.45) is 5.37. The van der Waals surface area contributed by atoms with Gasteiger partial charge in [-0.25, -0.2) is 4.98 Å². The molecule has 0 bridgehead atoms. The van der Waals surface area contributed by atoms with Gasteiger partial charge in [0.2, 0.25) is 0 Å². The van der Waals surface area contributed by atoms with Crippen LogP contribution in [0.2, 0.25) is 25.7 Å². The highest BCUT2D eigenvalue weighted by Gasteiger charge is 2.26. The molecule has 39 heavy (non-hydrogen) atoms. The van der Waals surface area contributed by atoms with Crippen molar-refractivity contribution in [1.29, 1.82) is 0 Å². The van der Waals surface area contributed by atoms with Gasteiger partial charge in [0.1, 0.15) is 18.3 Å². The second-order valence-corrected chi connectivity index (χ2v) is 17.5. The molecule has 2 aliphatic rings. The number of likely N-dealkylation sites (N-methyl/N-ethyl adjacent to an activating group) is 1. The predicted molar refractivity (Wildman–Crippen MR) is 156 cm³/mol. The van der Waals surface area contributed by atoms with Crippen molar-refractivity contribution >= 4 is 42.3 Å². The minimum absolute atomic E-state index is 0.0394. The van der Waals surface area contributed by atoms with E-state index in [9.17, 15) is 9.59 Å². The van der Waals surface area contributed by atoms with Crippen molar-refractivity contribution in [2.24, 2.45) is 0 Å². The number of ether oxygens (including phenoxy) is 2. The zero-order valence-corrected chi connectivity index (χ0v) is 24.6. The van der Waals surface area contributed by atoms with Crippen LogP contribution in [0.3, 0.4) is 0 Å². The Hall–Kier alpha value is -3.21. The van der Waals surface area contributed by atoms with Crippen LogP contribution in [0.5, 0.6) is 5.75 Å². The molecule has 5 rings (SSSR count). The fourth-order valence-electron chi connectivity index (χ4n) is 5.26. The average molecular weight is 550 g/mol. The third-order valence-corrected chi connectivity index (χ3v) is 9.40. The summed E-state index contributed by atoms with van der Waals surface area (Å²) in [6.45, 7) is 9.33. The number of fused-ring (bicyclic) bond motifs is 2. The Morgan fingerprint density at radius 3 is 2.77 bits per heavy atom. The number of hydrogen-bond donors (Lipinski definition) is 1. The van der Waals surface area contributed by atoms with E-state index in [0.29, 0.717) is 35.6 Å². The van der Waals surface area contributed by atoms with E-state index in [0.717, 1.165) is 36.5 Å². The van der Waals surface area contributed by atoms with Gasteiger partial charge in [-0.2, -0.15) is 0 Å². The van der Waals surface area contributed by atoms with Gasteiger partial charge in [0.25, 0.3) is 11.8 Å². The highest BCUT2D eigenvalue weighted by molar-refractivity contribution is 6.76. The number of rotatable bonds is 8. The maximum absolute atomic E-state index is 13.1. The van der Waals surface area contributed by atoms with Crippen molar-refractivity contribution in [3.05, 3.63) is 47.8 Å². The normalized spacial score (nSPS) is 18.2. The molecule has 1 atom stereocenters. The molecule has 1 N–H and O–H groups in total. The van der Waals surface area contributed by atoms with E-state index in [1.807, 2.05) is 12.3 Å². The van der Waals surface area contributed by atoms with E-state index in [4.69, 9.17) is 9.47 Å². The summed E-state index contributed by atoms with van der Waals surface area (Å²) < 4.78 is 14.0. The van der Waals surface area contributed by atoms with Gasteiger partial charge in [-0.05, 0) is 56.7 Å². The number of carbonyl (C=O) groups is 2. The van der Waals surface area contributed by atoms with E-state index < -0.39 is 8.07 Å². The molecule has 9 nitrogen and oxygen atoms in total. The lowest BCUT2D eigenvalue weighted by Gasteiger charge is -2.33. The summed E-state index contributed by atoms with van der Waals surface area (Å²) in [5, 5.41) is 3.98. The highest BCUT2D eigenvalue weighted by atomic mass is 28.3. The minimum Gasteiger partial charge on any atom is -0.482 e. The van der Waals surface area contributed by atoms with E-state index in [1.54, 1.807) is 25.2 Å². The molecule has 208 valence electrons. The van der Waals surface area contributed by atoms with Gasteiger partial charge in [0.05, 0.1) is 11.2 Å². The van der Waals surface area contributed by atoms with Crippen LogP contribution in [0.1, 0.15) is 41.4 Å². The molecular weight excluding hydrogens is 510 g/mol. The number of hydrogen-bond acceptors (Lipinski definition) is 6. The van der Waals surface area contributed by atoms with E-state index in [-0.39, 0.29) is 18.4 Å². The minimum atomic E-state index is -1.19. The number of amides is 2. The number of carbonyl (C=O) groups excluding carboxylic acids is 2. The molecule has 2 amide bonds. The largest absolute Gasteiger partial charge is 0.482 e. The number of benzene rings is 1. The SMILES string of the molecule is CN1C(=O)COc2cc(C(=O)Nc3cc4c(cn3)cc([C@H]3CCCCN3C)n4COCC[Si](C)(C)C)ccc21. The van der Waals surface area contributed by atoms with Crippen LogP contribution in [-0.4, -0.2) is 68.2 Å². The van der Waals surface area contributed by atoms with Gasteiger partial charge >= 0.3 is 0 Å². The van der Waals surface area contributed by atoms with E-state index in [2.05, 4.69) is 52.5 Å².